The smallest absolute Gasteiger partial charge is 0.306 e. The maximum Gasteiger partial charge on any atom is 0.306 e. The number of aliphatic hydroxyl groups excluding tert-OH is 2. The highest BCUT2D eigenvalue weighted by Gasteiger charge is 2.77. The van der Waals surface area contributed by atoms with Crippen LogP contribution < -0.4 is 0 Å². The average molecular weight is 467 g/mol. The van der Waals surface area contributed by atoms with E-state index in [1.54, 1.807) is 20.8 Å². The van der Waals surface area contributed by atoms with Crippen molar-refractivity contribution in [3.63, 3.8) is 0 Å². The summed E-state index contributed by atoms with van der Waals surface area (Å²) in [4.78, 5) is 37.5. The number of fused-ring (bicyclic) bond motifs is 5. The highest BCUT2D eigenvalue weighted by molar-refractivity contribution is 6.04. The number of aliphatic hydroxyl groups is 2. The monoisotopic (exact) mass is 466 g/mol. The van der Waals surface area contributed by atoms with Crippen LogP contribution >= 0.6 is 0 Å². The molecule has 4 rings (SSSR count). The minimum atomic E-state index is -2.27. The van der Waals surface area contributed by atoms with Crippen molar-refractivity contribution in [1.29, 1.82) is 0 Å². The summed E-state index contributed by atoms with van der Waals surface area (Å²) in [6.07, 6.45) is 1.30. The van der Waals surface area contributed by atoms with E-state index >= 15 is 4.39 Å². The number of ether oxygens (including phenoxy) is 1. The van der Waals surface area contributed by atoms with E-state index < -0.39 is 75.9 Å². The first-order valence-corrected chi connectivity index (χ1v) is 11.7. The van der Waals surface area contributed by atoms with Crippen molar-refractivity contribution in [3.8, 4) is 0 Å². The Bertz CT molecular complexity index is 974. The van der Waals surface area contributed by atoms with Crippen LogP contribution in [-0.2, 0) is 19.1 Å². The Kier molecular flexibility index (Phi) is 5.53. The maximum atomic E-state index is 17.2. The van der Waals surface area contributed by atoms with Gasteiger partial charge in [0.25, 0.3) is 0 Å². The van der Waals surface area contributed by atoms with Crippen molar-refractivity contribution in [1.82, 2.24) is 0 Å². The summed E-state index contributed by atoms with van der Waals surface area (Å²) in [5.41, 5.74) is -6.53. The molecule has 8 atom stereocenters. The van der Waals surface area contributed by atoms with Crippen LogP contribution in [0.1, 0.15) is 59.8 Å². The zero-order valence-corrected chi connectivity index (χ0v) is 19.5. The first-order valence-electron chi connectivity index (χ1n) is 11.7. The minimum Gasteiger partial charge on any atom is -0.450 e. The molecule has 33 heavy (non-hydrogen) atoms. The first kappa shape index (κ1) is 24.2. The number of allylic oxidation sites excluding steroid dienone is 4. The van der Waals surface area contributed by atoms with Gasteiger partial charge in [0, 0.05) is 29.1 Å². The van der Waals surface area contributed by atoms with Crippen LogP contribution in [0.3, 0.4) is 0 Å². The van der Waals surface area contributed by atoms with Crippen LogP contribution in [0.4, 0.5) is 8.78 Å². The van der Waals surface area contributed by atoms with E-state index in [1.165, 1.54) is 13.0 Å². The molecule has 0 saturated heterocycles. The van der Waals surface area contributed by atoms with Crippen LogP contribution in [0.15, 0.2) is 23.6 Å². The SMILES string of the molecule is CCC(=O)O[C@]1(C(=O)CO)C(C)C[C@H]2[C@@H]3CCC4=C(F)C(=O)C=C[C@]4(C)[C@@]3(F)C(O)C[C@@]21C. The molecular formula is C25H32F2O6. The van der Waals surface area contributed by atoms with Gasteiger partial charge in [0.05, 0.1) is 6.10 Å². The quantitative estimate of drug-likeness (QED) is 0.618. The van der Waals surface area contributed by atoms with Crippen molar-refractivity contribution in [2.75, 3.05) is 6.61 Å². The number of carbonyl (C=O) groups excluding carboxylic acids is 3. The van der Waals surface area contributed by atoms with E-state index in [4.69, 9.17) is 4.74 Å². The highest BCUT2D eigenvalue weighted by Crippen LogP contribution is 2.71. The molecule has 0 radical (unpaired) electrons. The molecule has 8 heteroatoms. The van der Waals surface area contributed by atoms with E-state index in [9.17, 15) is 29.0 Å². The predicted molar refractivity (Wildman–Crippen MR) is 114 cm³/mol. The fraction of sp³-hybridized carbons (Fsp3) is 0.720. The number of halogens is 2. The molecule has 3 saturated carbocycles. The molecule has 3 fully saturated rings. The summed E-state index contributed by atoms with van der Waals surface area (Å²) in [6, 6.07) is 0. The lowest BCUT2D eigenvalue weighted by Crippen LogP contribution is -2.70. The molecule has 0 aromatic heterocycles. The van der Waals surface area contributed by atoms with Crippen LogP contribution in [0.5, 0.6) is 0 Å². The number of rotatable bonds is 4. The molecule has 0 bridgehead atoms. The molecule has 2 N–H and O–H groups in total. The number of esters is 1. The molecule has 0 aromatic carbocycles. The van der Waals surface area contributed by atoms with Crippen LogP contribution in [0.2, 0.25) is 0 Å². The normalized spacial score (nSPS) is 46.5. The second kappa shape index (κ2) is 7.54. The van der Waals surface area contributed by atoms with Gasteiger partial charge in [-0.3, -0.25) is 14.4 Å². The van der Waals surface area contributed by atoms with Gasteiger partial charge in [0.15, 0.2) is 17.1 Å². The fourth-order valence-electron chi connectivity index (χ4n) is 7.85. The molecule has 182 valence electrons. The summed E-state index contributed by atoms with van der Waals surface area (Å²) in [5.74, 6) is -4.76. The van der Waals surface area contributed by atoms with Crippen LogP contribution in [-0.4, -0.2) is 51.7 Å². The summed E-state index contributed by atoms with van der Waals surface area (Å²) in [7, 11) is 0. The van der Waals surface area contributed by atoms with Gasteiger partial charge in [-0.1, -0.05) is 26.8 Å². The van der Waals surface area contributed by atoms with Gasteiger partial charge in [-0.05, 0) is 50.2 Å². The molecular weight excluding hydrogens is 434 g/mol. The lowest BCUT2D eigenvalue weighted by molar-refractivity contribution is -0.228. The lowest BCUT2D eigenvalue weighted by Gasteiger charge is -2.62. The number of carbonyl (C=O) groups is 3. The third-order valence-electron chi connectivity index (χ3n) is 9.39. The molecule has 4 aliphatic rings. The lowest BCUT2D eigenvalue weighted by atomic mass is 9.44. The molecule has 0 spiro atoms. The van der Waals surface area contributed by atoms with Crippen molar-refractivity contribution in [2.45, 2.75) is 77.2 Å². The molecule has 0 heterocycles. The molecule has 0 aromatic rings. The molecule has 6 nitrogen and oxygen atoms in total. The Morgan fingerprint density at radius 1 is 1.27 bits per heavy atom. The van der Waals surface area contributed by atoms with Gasteiger partial charge >= 0.3 is 5.97 Å². The van der Waals surface area contributed by atoms with E-state index in [0.717, 1.165) is 6.08 Å². The van der Waals surface area contributed by atoms with Crippen molar-refractivity contribution >= 4 is 17.5 Å². The number of Topliss-reactive ketones (excluding diaryl/α,β-unsaturated/α-hetero) is 1. The Morgan fingerprint density at radius 3 is 2.55 bits per heavy atom. The van der Waals surface area contributed by atoms with E-state index in [0.29, 0.717) is 6.42 Å². The van der Waals surface area contributed by atoms with Crippen molar-refractivity contribution in [2.24, 2.45) is 28.6 Å². The summed E-state index contributed by atoms with van der Waals surface area (Å²) in [5, 5.41) is 21.1. The van der Waals surface area contributed by atoms with Crippen LogP contribution in [0.25, 0.3) is 0 Å². The van der Waals surface area contributed by atoms with Gasteiger partial charge in [-0.25, -0.2) is 8.78 Å². The number of hydrogen-bond donors (Lipinski definition) is 2. The van der Waals surface area contributed by atoms with Gasteiger partial charge in [-0.2, -0.15) is 0 Å². The van der Waals surface area contributed by atoms with Crippen molar-refractivity contribution < 1.29 is 38.1 Å². The standard InChI is InChI=1S/C25H32F2O6/c1-5-20(32)33-25(19(31)12-28)13(2)10-16-14-6-7-15-21(26)17(29)8-9-22(15,3)24(14,27)18(30)11-23(16,25)4/h8-9,13-14,16,18,28,30H,5-7,10-12H2,1-4H3/t13?,14-,16-,18?,22-,23-,24-,25-/m0/s1. The Balaban J connectivity index is 1.87. The Hall–Kier alpha value is -1.93. The zero-order valence-electron chi connectivity index (χ0n) is 19.5. The second-order valence-electron chi connectivity index (χ2n) is 10.6. The predicted octanol–water partition coefficient (Wildman–Crippen LogP) is 3.15. The molecule has 2 unspecified atom stereocenters. The maximum absolute atomic E-state index is 17.2. The third-order valence-corrected chi connectivity index (χ3v) is 9.39. The van der Waals surface area contributed by atoms with Gasteiger partial charge < -0.3 is 14.9 Å². The van der Waals surface area contributed by atoms with E-state index in [-0.39, 0.29) is 31.3 Å². The van der Waals surface area contributed by atoms with Gasteiger partial charge in [-0.15, -0.1) is 0 Å². The van der Waals surface area contributed by atoms with E-state index in [1.807, 2.05) is 0 Å². The Morgan fingerprint density at radius 2 is 1.94 bits per heavy atom. The first-order chi connectivity index (χ1) is 15.3. The largest absolute Gasteiger partial charge is 0.450 e. The van der Waals surface area contributed by atoms with Crippen molar-refractivity contribution in [3.05, 3.63) is 23.6 Å². The second-order valence-corrected chi connectivity index (χ2v) is 10.6. The Labute approximate surface area is 192 Å². The topological polar surface area (TPSA) is 101 Å². The number of hydrogen-bond acceptors (Lipinski definition) is 6. The van der Waals surface area contributed by atoms with Crippen LogP contribution in [0, 0.1) is 28.6 Å². The van der Waals surface area contributed by atoms with Gasteiger partial charge in [0.2, 0.25) is 11.6 Å². The molecule has 0 aliphatic heterocycles. The summed E-state index contributed by atoms with van der Waals surface area (Å²) in [6.45, 7) is 5.76. The average Bonchev–Trinajstić information content (AvgIpc) is 2.99. The molecule has 0 amide bonds. The fourth-order valence-corrected chi connectivity index (χ4v) is 7.85. The third kappa shape index (κ3) is 2.74. The molecule has 4 aliphatic carbocycles. The highest BCUT2D eigenvalue weighted by atomic mass is 19.1. The zero-order chi connectivity index (χ0) is 24.6. The van der Waals surface area contributed by atoms with Gasteiger partial charge in [0.1, 0.15) is 6.61 Å². The van der Waals surface area contributed by atoms with E-state index in [2.05, 4.69) is 0 Å². The summed E-state index contributed by atoms with van der Waals surface area (Å²) >= 11 is 0. The number of alkyl halides is 1. The number of ketones is 2. The summed E-state index contributed by atoms with van der Waals surface area (Å²) < 4.78 is 37.8. The minimum absolute atomic E-state index is 0.0251.